The Balaban J connectivity index is 0.000000269. The molecule has 2 rings (SSSR count). The molecule has 0 amide bonds. The maximum Gasteiger partial charge on any atom is 0.338 e. The molecule has 0 fully saturated rings. The van der Waals surface area contributed by atoms with Crippen LogP contribution in [0, 0.1) is 0 Å². The van der Waals surface area contributed by atoms with Crippen molar-refractivity contribution in [1.82, 2.24) is 9.97 Å². The fourth-order valence-corrected chi connectivity index (χ4v) is 1.09. The number of phenols is 1. The number of hydrogen-bond donors (Lipinski definition) is 2. The van der Waals surface area contributed by atoms with Gasteiger partial charge in [-0.3, -0.25) is 0 Å². The second-order valence-electron chi connectivity index (χ2n) is 3.44. The fraction of sp³-hybridized carbons (Fsp3) is 0.231. The Labute approximate surface area is 105 Å². The summed E-state index contributed by atoms with van der Waals surface area (Å²) in [5, 5.41) is 8.96. The number of rotatable bonds is 3. The standard InChI is InChI=1S/C10H12O3.C3H4N2/c1-2-7-13-10(12)8-3-5-9(11)6-4-8;1-2-5-3-4-1/h3-6,11H,2,7H2,1H3;1-3H,(H,4,5). The first-order valence-electron chi connectivity index (χ1n) is 5.63. The molecule has 18 heavy (non-hydrogen) atoms. The zero-order valence-electron chi connectivity index (χ0n) is 10.2. The maximum atomic E-state index is 11.2. The summed E-state index contributed by atoms with van der Waals surface area (Å²) in [4.78, 5) is 17.6. The molecule has 0 radical (unpaired) electrons. The summed E-state index contributed by atoms with van der Waals surface area (Å²) in [5.74, 6) is -0.200. The second kappa shape index (κ2) is 7.89. The summed E-state index contributed by atoms with van der Waals surface area (Å²) < 4.78 is 4.90. The molecule has 1 aromatic heterocycles. The summed E-state index contributed by atoms with van der Waals surface area (Å²) in [6.45, 7) is 2.36. The SMILES string of the molecule is CCCOC(=O)c1ccc(O)cc1.c1c[nH]cn1. The van der Waals surface area contributed by atoms with E-state index in [1.54, 1.807) is 18.7 Å². The van der Waals surface area contributed by atoms with E-state index in [4.69, 9.17) is 9.84 Å². The van der Waals surface area contributed by atoms with E-state index in [1.807, 2.05) is 6.92 Å². The summed E-state index contributed by atoms with van der Waals surface area (Å²) in [7, 11) is 0. The van der Waals surface area contributed by atoms with Crippen LogP contribution in [0.4, 0.5) is 0 Å². The van der Waals surface area contributed by atoms with Crippen LogP contribution in [-0.4, -0.2) is 27.7 Å². The minimum absolute atomic E-state index is 0.145. The highest BCUT2D eigenvalue weighted by Gasteiger charge is 2.05. The Kier molecular flexibility index (Phi) is 6.03. The van der Waals surface area contributed by atoms with Crippen molar-refractivity contribution in [2.45, 2.75) is 13.3 Å². The number of hydrogen-bond acceptors (Lipinski definition) is 4. The van der Waals surface area contributed by atoms with E-state index in [9.17, 15) is 4.79 Å². The van der Waals surface area contributed by atoms with Gasteiger partial charge in [-0.2, -0.15) is 0 Å². The highest BCUT2D eigenvalue weighted by atomic mass is 16.5. The lowest BCUT2D eigenvalue weighted by Gasteiger charge is -2.02. The Bertz CT molecular complexity index is 421. The Morgan fingerprint density at radius 3 is 2.56 bits per heavy atom. The lowest BCUT2D eigenvalue weighted by Crippen LogP contribution is -2.05. The van der Waals surface area contributed by atoms with Crippen molar-refractivity contribution in [2.75, 3.05) is 6.61 Å². The van der Waals surface area contributed by atoms with Gasteiger partial charge in [0.15, 0.2) is 0 Å². The van der Waals surface area contributed by atoms with Crippen LogP contribution in [-0.2, 0) is 4.74 Å². The quantitative estimate of drug-likeness (QED) is 0.818. The average Bonchev–Trinajstić information content (AvgIpc) is 2.96. The van der Waals surface area contributed by atoms with Crippen molar-refractivity contribution in [3.05, 3.63) is 48.5 Å². The van der Waals surface area contributed by atoms with Crippen molar-refractivity contribution in [2.24, 2.45) is 0 Å². The molecular formula is C13H16N2O3. The van der Waals surface area contributed by atoms with Crippen LogP contribution in [0.2, 0.25) is 0 Å². The van der Waals surface area contributed by atoms with Crippen molar-refractivity contribution in [3.8, 4) is 5.75 Å². The van der Waals surface area contributed by atoms with Gasteiger partial charge in [0.25, 0.3) is 0 Å². The minimum Gasteiger partial charge on any atom is -0.508 e. The number of esters is 1. The predicted octanol–water partition coefficient (Wildman–Crippen LogP) is 2.37. The van der Waals surface area contributed by atoms with E-state index in [2.05, 4.69) is 9.97 Å². The Hall–Kier alpha value is -2.30. The molecule has 0 unspecified atom stereocenters. The topological polar surface area (TPSA) is 75.2 Å². The number of imidazole rings is 1. The van der Waals surface area contributed by atoms with Crippen LogP contribution < -0.4 is 0 Å². The number of aromatic amines is 1. The number of carbonyl (C=O) groups excluding carboxylic acids is 1. The molecule has 0 bridgehead atoms. The summed E-state index contributed by atoms with van der Waals surface area (Å²) in [5.41, 5.74) is 0.464. The number of benzene rings is 1. The molecule has 0 spiro atoms. The van der Waals surface area contributed by atoms with E-state index >= 15 is 0 Å². The van der Waals surface area contributed by atoms with Crippen LogP contribution in [0.3, 0.4) is 0 Å². The molecule has 0 atom stereocenters. The fourth-order valence-electron chi connectivity index (χ4n) is 1.09. The Morgan fingerprint density at radius 2 is 2.11 bits per heavy atom. The predicted molar refractivity (Wildman–Crippen MR) is 67.3 cm³/mol. The highest BCUT2D eigenvalue weighted by molar-refractivity contribution is 5.89. The zero-order chi connectivity index (χ0) is 13.2. The number of carbonyl (C=O) groups is 1. The number of aromatic hydroxyl groups is 1. The van der Waals surface area contributed by atoms with Crippen molar-refractivity contribution in [1.29, 1.82) is 0 Å². The molecule has 0 aliphatic heterocycles. The van der Waals surface area contributed by atoms with E-state index in [-0.39, 0.29) is 11.7 Å². The van der Waals surface area contributed by atoms with Gasteiger partial charge >= 0.3 is 5.97 Å². The van der Waals surface area contributed by atoms with Gasteiger partial charge in [0.05, 0.1) is 18.5 Å². The first-order chi connectivity index (χ1) is 8.74. The number of nitrogens with one attached hydrogen (secondary N) is 1. The largest absolute Gasteiger partial charge is 0.508 e. The van der Waals surface area contributed by atoms with Gasteiger partial charge < -0.3 is 14.8 Å². The first-order valence-corrected chi connectivity index (χ1v) is 5.63. The number of ether oxygens (including phenoxy) is 1. The van der Waals surface area contributed by atoms with Gasteiger partial charge in [-0.1, -0.05) is 6.92 Å². The van der Waals surface area contributed by atoms with Gasteiger partial charge in [-0.25, -0.2) is 9.78 Å². The van der Waals surface area contributed by atoms with Crippen LogP contribution in [0.1, 0.15) is 23.7 Å². The second-order valence-corrected chi connectivity index (χ2v) is 3.44. The molecule has 0 aliphatic rings. The van der Waals surface area contributed by atoms with Crippen LogP contribution in [0.15, 0.2) is 43.0 Å². The first kappa shape index (κ1) is 13.8. The molecule has 1 heterocycles. The number of nitrogens with zero attached hydrogens (tertiary/aromatic N) is 1. The van der Waals surface area contributed by atoms with E-state index in [1.165, 1.54) is 24.3 Å². The molecule has 5 heteroatoms. The summed E-state index contributed by atoms with van der Waals surface area (Å²) in [6, 6.07) is 5.99. The molecule has 0 saturated carbocycles. The molecule has 5 nitrogen and oxygen atoms in total. The number of H-pyrrole nitrogens is 1. The molecule has 0 saturated heterocycles. The summed E-state index contributed by atoms with van der Waals surface area (Å²) in [6.07, 6.45) is 5.89. The molecule has 0 aliphatic carbocycles. The zero-order valence-corrected chi connectivity index (χ0v) is 10.2. The van der Waals surface area contributed by atoms with Crippen molar-refractivity contribution >= 4 is 5.97 Å². The Morgan fingerprint density at radius 1 is 1.39 bits per heavy atom. The smallest absolute Gasteiger partial charge is 0.338 e. The highest BCUT2D eigenvalue weighted by Crippen LogP contribution is 2.10. The average molecular weight is 248 g/mol. The van der Waals surface area contributed by atoms with Gasteiger partial charge in [0, 0.05) is 12.4 Å². The van der Waals surface area contributed by atoms with E-state index in [0.717, 1.165) is 6.42 Å². The molecular weight excluding hydrogens is 232 g/mol. The van der Waals surface area contributed by atoms with Crippen LogP contribution in [0.5, 0.6) is 5.75 Å². The number of phenolic OH excluding ortho intramolecular Hbond substituents is 1. The van der Waals surface area contributed by atoms with Crippen LogP contribution >= 0.6 is 0 Å². The third-order valence-electron chi connectivity index (χ3n) is 1.95. The van der Waals surface area contributed by atoms with Gasteiger partial charge in [-0.05, 0) is 30.7 Å². The van der Waals surface area contributed by atoms with E-state index < -0.39 is 0 Å². The molecule has 1 aromatic carbocycles. The van der Waals surface area contributed by atoms with Gasteiger partial charge in [0.1, 0.15) is 5.75 Å². The lowest BCUT2D eigenvalue weighted by molar-refractivity contribution is 0.0505. The van der Waals surface area contributed by atoms with Crippen molar-refractivity contribution in [3.63, 3.8) is 0 Å². The third-order valence-corrected chi connectivity index (χ3v) is 1.95. The third kappa shape index (κ3) is 5.16. The maximum absolute atomic E-state index is 11.2. The van der Waals surface area contributed by atoms with Crippen LogP contribution in [0.25, 0.3) is 0 Å². The van der Waals surface area contributed by atoms with Gasteiger partial charge in [-0.15, -0.1) is 0 Å². The van der Waals surface area contributed by atoms with Crippen molar-refractivity contribution < 1.29 is 14.6 Å². The summed E-state index contributed by atoms with van der Waals surface area (Å²) >= 11 is 0. The lowest BCUT2D eigenvalue weighted by atomic mass is 10.2. The van der Waals surface area contributed by atoms with Gasteiger partial charge in [0.2, 0.25) is 0 Å². The minimum atomic E-state index is -0.346. The number of aromatic nitrogens is 2. The monoisotopic (exact) mass is 248 g/mol. The van der Waals surface area contributed by atoms with E-state index in [0.29, 0.717) is 12.2 Å². The molecule has 2 aromatic rings. The molecule has 96 valence electrons. The molecule has 2 N–H and O–H groups in total. The normalized spacial score (nSPS) is 9.17.